The largest absolute Gasteiger partial charge is 0.325 e. The van der Waals surface area contributed by atoms with Gasteiger partial charge in [-0.1, -0.05) is 12.2 Å². The Hall–Kier alpha value is -1.94. The molecule has 88 valence electrons. The molecule has 1 aromatic heterocycles. The molecule has 1 atom stereocenters. The molecule has 1 aromatic carbocycles. The van der Waals surface area contributed by atoms with E-state index in [1.54, 1.807) is 18.3 Å². The van der Waals surface area contributed by atoms with Crippen LogP contribution < -0.4 is 5.73 Å². The first-order valence-corrected chi connectivity index (χ1v) is 5.40. The van der Waals surface area contributed by atoms with Gasteiger partial charge in [0, 0.05) is 17.2 Å². The number of rotatable bonds is 3. The minimum Gasteiger partial charge on any atom is -0.325 e. The number of hydrogen-bond donors (Lipinski definition) is 2. The minimum atomic E-state index is -0.249. The average Bonchev–Trinajstić information content (AvgIpc) is 2.75. The maximum atomic E-state index is 12.8. The Morgan fingerprint density at radius 1 is 1.35 bits per heavy atom. The van der Waals surface area contributed by atoms with E-state index in [1.807, 2.05) is 19.1 Å². The van der Waals surface area contributed by atoms with Crippen molar-refractivity contribution in [3.8, 4) is 11.3 Å². The van der Waals surface area contributed by atoms with Gasteiger partial charge >= 0.3 is 0 Å². The summed E-state index contributed by atoms with van der Waals surface area (Å²) in [5.74, 6) is -0.249. The highest BCUT2D eigenvalue weighted by molar-refractivity contribution is 5.71. The van der Waals surface area contributed by atoms with Gasteiger partial charge in [0.1, 0.15) is 5.82 Å². The van der Waals surface area contributed by atoms with Crippen LogP contribution in [0.15, 0.2) is 36.5 Å². The summed E-state index contributed by atoms with van der Waals surface area (Å²) in [7, 11) is 0. The second-order valence-electron chi connectivity index (χ2n) is 3.93. The number of benzene rings is 1. The van der Waals surface area contributed by atoms with Crippen molar-refractivity contribution in [2.75, 3.05) is 0 Å². The van der Waals surface area contributed by atoms with Gasteiger partial charge in [0.05, 0.1) is 11.9 Å². The van der Waals surface area contributed by atoms with Crippen LogP contribution in [0.2, 0.25) is 0 Å². The van der Waals surface area contributed by atoms with Crippen LogP contribution in [-0.2, 0) is 0 Å². The zero-order chi connectivity index (χ0) is 12.3. The lowest BCUT2D eigenvalue weighted by molar-refractivity contribution is 0.628. The van der Waals surface area contributed by atoms with Gasteiger partial charge in [-0.3, -0.25) is 5.10 Å². The number of H-pyrrole nitrogens is 1. The molecule has 17 heavy (non-hydrogen) atoms. The smallest absolute Gasteiger partial charge is 0.123 e. The number of nitrogens with zero attached hydrogens (tertiary/aromatic N) is 1. The summed E-state index contributed by atoms with van der Waals surface area (Å²) in [6, 6.07) is 6.27. The monoisotopic (exact) mass is 231 g/mol. The van der Waals surface area contributed by atoms with E-state index in [1.165, 1.54) is 12.1 Å². The van der Waals surface area contributed by atoms with Crippen molar-refractivity contribution >= 4 is 6.08 Å². The first-order chi connectivity index (χ1) is 8.16. The van der Waals surface area contributed by atoms with E-state index in [0.29, 0.717) is 0 Å². The molecule has 0 fully saturated rings. The zero-order valence-corrected chi connectivity index (χ0v) is 9.52. The van der Waals surface area contributed by atoms with Gasteiger partial charge in [0.25, 0.3) is 0 Å². The molecule has 3 nitrogen and oxygen atoms in total. The molecule has 0 bridgehead atoms. The van der Waals surface area contributed by atoms with Gasteiger partial charge in [0.2, 0.25) is 0 Å². The second-order valence-corrected chi connectivity index (χ2v) is 3.93. The molecule has 4 heteroatoms. The predicted molar refractivity (Wildman–Crippen MR) is 66.7 cm³/mol. The number of nitrogens with two attached hydrogens (primary N) is 1. The maximum Gasteiger partial charge on any atom is 0.123 e. The number of aromatic nitrogens is 2. The summed E-state index contributed by atoms with van der Waals surface area (Å²) in [6.45, 7) is 1.90. The van der Waals surface area contributed by atoms with Crippen LogP contribution in [0.25, 0.3) is 17.3 Å². The van der Waals surface area contributed by atoms with Gasteiger partial charge in [-0.05, 0) is 31.2 Å². The van der Waals surface area contributed by atoms with Gasteiger partial charge < -0.3 is 5.73 Å². The highest BCUT2D eigenvalue weighted by Crippen LogP contribution is 2.22. The van der Waals surface area contributed by atoms with E-state index in [-0.39, 0.29) is 11.9 Å². The standard InChI is InChI=1S/C13H14FN3/c1-9(15)2-3-11-8-16-17-13(11)10-4-6-12(14)7-5-10/h2-9H,15H2,1H3,(H,16,17)/b3-2+. The Labute approximate surface area is 99.2 Å². The van der Waals surface area contributed by atoms with Crippen LogP contribution in [0.4, 0.5) is 4.39 Å². The Morgan fingerprint density at radius 2 is 2.06 bits per heavy atom. The van der Waals surface area contributed by atoms with Crippen molar-refractivity contribution in [3.05, 3.63) is 47.9 Å². The third-order valence-electron chi connectivity index (χ3n) is 2.38. The highest BCUT2D eigenvalue weighted by atomic mass is 19.1. The molecule has 0 saturated heterocycles. The normalized spacial score (nSPS) is 13.1. The molecule has 0 radical (unpaired) electrons. The summed E-state index contributed by atoms with van der Waals surface area (Å²) in [5, 5.41) is 6.89. The van der Waals surface area contributed by atoms with Gasteiger partial charge in [0.15, 0.2) is 0 Å². The molecule has 0 amide bonds. The quantitative estimate of drug-likeness (QED) is 0.853. The fraction of sp³-hybridized carbons (Fsp3) is 0.154. The van der Waals surface area contributed by atoms with Crippen molar-refractivity contribution < 1.29 is 4.39 Å². The first-order valence-electron chi connectivity index (χ1n) is 5.40. The number of hydrogen-bond acceptors (Lipinski definition) is 2. The first kappa shape index (κ1) is 11.5. The zero-order valence-electron chi connectivity index (χ0n) is 9.52. The molecule has 1 heterocycles. The van der Waals surface area contributed by atoms with Crippen LogP contribution in [0.3, 0.4) is 0 Å². The molecule has 0 aliphatic carbocycles. The lowest BCUT2D eigenvalue weighted by atomic mass is 10.1. The van der Waals surface area contributed by atoms with Crippen LogP contribution in [0.1, 0.15) is 12.5 Å². The van der Waals surface area contributed by atoms with Crippen molar-refractivity contribution in [1.29, 1.82) is 0 Å². The van der Waals surface area contributed by atoms with E-state index in [9.17, 15) is 4.39 Å². The third-order valence-corrected chi connectivity index (χ3v) is 2.38. The molecular weight excluding hydrogens is 217 g/mol. The van der Waals surface area contributed by atoms with Crippen LogP contribution >= 0.6 is 0 Å². The molecule has 0 aliphatic heterocycles. The molecular formula is C13H14FN3. The SMILES string of the molecule is CC(N)/C=C/c1cn[nH]c1-c1ccc(F)cc1. The van der Waals surface area contributed by atoms with Crippen molar-refractivity contribution in [3.63, 3.8) is 0 Å². The van der Waals surface area contributed by atoms with E-state index >= 15 is 0 Å². The molecule has 3 N–H and O–H groups in total. The van der Waals surface area contributed by atoms with Crippen molar-refractivity contribution in [2.45, 2.75) is 13.0 Å². The van der Waals surface area contributed by atoms with Crippen LogP contribution in [0.5, 0.6) is 0 Å². The van der Waals surface area contributed by atoms with E-state index in [4.69, 9.17) is 5.73 Å². The lowest BCUT2D eigenvalue weighted by Gasteiger charge is -2.00. The predicted octanol–water partition coefficient (Wildman–Crippen LogP) is 2.58. The number of nitrogens with one attached hydrogen (secondary N) is 1. The summed E-state index contributed by atoms with van der Waals surface area (Å²) in [4.78, 5) is 0. The number of halogens is 1. The maximum absolute atomic E-state index is 12.8. The Balaban J connectivity index is 2.33. The van der Waals surface area contributed by atoms with Gasteiger partial charge in [-0.2, -0.15) is 5.10 Å². The highest BCUT2D eigenvalue weighted by Gasteiger charge is 2.05. The molecule has 0 aliphatic rings. The lowest BCUT2D eigenvalue weighted by Crippen LogP contribution is -2.09. The molecule has 0 spiro atoms. The van der Waals surface area contributed by atoms with Gasteiger partial charge in [-0.25, -0.2) is 4.39 Å². The van der Waals surface area contributed by atoms with Crippen molar-refractivity contribution in [2.24, 2.45) is 5.73 Å². The molecule has 2 aromatic rings. The number of aromatic amines is 1. The summed E-state index contributed by atoms with van der Waals surface area (Å²) >= 11 is 0. The van der Waals surface area contributed by atoms with E-state index in [0.717, 1.165) is 16.8 Å². The molecule has 0 saturated carbocycles. The minimum absolute atomic E-state index is 0.00836. The third kappa shape index (κ3) is 2.79. The topological polar surface area (TPSA) is 54.7 Å². The van der Waals surface area contributed by atoms with Crippen LogP contribution in [0, 0.1) is 5.82 Å². The summed E-state index contributed by atoms with van der Waals surface area (Å²) < 4.78 is 12.8. The van der Waals surface area contributed by atoms with Crippen LogP contribution in [-0.4, -0.2) is 16.2 Å². The van der Waals surface area contributed by atoms with Gasteiger partial charge in [-0.15, -0.1) is 0 Å². The van der Waals surface area contributed by atoms with E-state index in [2.05, 4.69) is 10.2 Å². The molecule has 2 rings (SSSR count). The summed E-state index contributed by atoms with van der Waals surface area (Å²) in [6.07, 6.45) is 5.52. The fourth-order valence-electron chi connectivity index (χ4n) is 1.53. The second kappa shape index (κ2) is 4.93. The summed E-state index contributed by atoms with van der Waals surface area (Å²) in [5.41, 5.74) is 8.35. The average molecular weight is 231 g/mol. The Morgan fingerprint density at radius 3 is 2.71 bits per heavy atom. The Bertz CT molecular complexity index is 512. The van der Waals surface area contributed by atoms with Crippen molar-refractivity contribution in [1.82, 2.24) is 10.2 Å². The molecule has 1 unspecified atom stereocenters. The Kier molecular flexibility index (Phi) is 3.35. The van der Waals surface area contributed by atoms with E-state index < -0.39 is 0 Å². The fourth-order valence-corrected chi connectivity index (χ4v) is 1.53.